The van der Waals surface area contributed by atoms with Crippen molar-refractivity contribution in [2.45, 2.75) is 37.8 Å². The average Bonchev–Trinajstić information content (AvgIpc) is 3.25. The molecule has 3 nitrogen and oxygen atoms in total. The molecule has 0 aliphatic heterocycles. The molecule has 24 heavy (non-hydrogen) atoms. The normalized spacial score (nSPS) is 16.3. The van der Waals surface area contributed by atoms with Crippen molar-refractivity contribution in [1.29, 1.82) is 0 Å². The summed E-state index contributed by atoms with van der Waals surface area (Å²) in [7, 11) is 0. The Balaban J connectivity index is 0.00000288. The van der Waals surface area contributed by atoms with Crippen molar-refractivity contribution in [1.82, 2.24) is 10.6 Å². The predicted octanol–water partition coefficient (Wildman–Crippen LogP) is 4.50. The van der Waals surface area contributed by atoms with Crippen LogP contribution >= 0.6 is 35.6 Å². The molecule has 0 aromatic heterocycles. The van der Waals surface area contributed by atoms with E-state index in [4.69, 9.17) is 11.6 Å². The largest absolute Gasteiger partial charge is 0.390 e. The van der Waals surface area contributed by atoms with Crippen LogP contribution in [-0.2, 0) is 5.41 Å². The van der Waals surface area contributed by atoms with Gasteiger partial charge in [0.15, 0.2) is 5.96 Å². The van der Waals surface area contributed by atoms with Gasteiger partial charge < -0.3 is 10.6 Å². The summed E-state index contributed by atoms with van der Waals surface area (Å²) in [5.41, 5.74) is 1.11. The number of rotatable bonds is 6. The first kappa shape index (κ1) is 21.3. The third-order valence-corrected chi connectivity index (χ3v) is 4.11. The van der Waals surface area contributed by atoms with Gasteiger partial charge in [-0.15, -0.1) is 24.0 Å². The minimum absolute atomic E-state index is 0. The van der Waals surface area contributed by atoms with Crippen LogP contribution in [0.2, 0.25) is 5.02 Å². The number of aliphatic imine (C=N–C) groups is 1. The summed E-state index contributed by atoms with van der Waals surface area (Å²) < 4.78 is 36.7. The Bertz CT molecular complexity index is 560. The van der Waals surface area contributed by atoms with E-state index in [2.05, 4.69) is 15.6 Å². The number of guanidine groups is 1. The fourth-order valence-corrected chi connectivity index (χ4v) is 2.59. The molecule has 0 radical (unpaired) electrons. The quantitative estimate of drug-likeness (QED) is 0.361. The van der Waals surface area contributed by atoms with E-state index in [1.807, 2.05) is 31.2 Å². The van der Waals surface area contributed by atoms with E-state index in [0.29, 0.717) is 24.1 Å². The number of hydrogen-bond donors (Lipinski definition) is 2. The summed E-state index contributed by atoms with van der Waals surface area (Å²) in [4.78, 5) is 4.46. The van der Waals surface area contributed by atoms with Crippen molar-refractivity contribution in [2.24, 2.45) is 4.99 Å². The molecule has 136 valence electrons. The number of alkyl halides is 3. The molecule has 0 unspecified atom stereocenters. The molecular formula is C16H22ClF3IN3. The van der Waals surface area contributed by atoms with Crippen molar-refractivity contribution >= 4 is 41.5 Å². The van der Waals surface area contributed by atoms with Crippen LogP contribution in [0.4, 0.5) is 13.2 Å². The Hall–Kier alpha value is -0.700. The van der Waals surface area contributed by atoms with E-state index in [0.717, 1.165) is 18.4 Å². The van der Waals surface area contributed by atoms with E-state index < -0.39 is 12.6 Å². The lowest BCUT2D eigenvalue weighted by atomic mass is 9.96. The molecule has 2 N–H and O–H groups in total. The minimum Gasteiger partial charge on any atom is -0.357 e. The second kappa shape index (κ2) is 9.12. The highest BCUT2D eigenvalue weighted by atomic mass is 127. The first-order valence-corrected chi connectivity index (χ1v) is 8.07. The van der Waals surface area contributed by atoms with E-state index >= 15 is 0 Å². The van der Waals surface area contributed by atoms with Crippen LogP contribution in [0.25, 0.3) is 0 Å². The van der Waals surface area contributed by atoms with Crippen molar-refractivity contribution in [2.75, 3.05) is 19.6 Å². The van der Waals surface area contributed by atoms with Gasteiger partial charge in [0.05, 0.1) is 13.0 Å². The van der Waals surface area contributed by atoms with Gasteiger partial charge in [0, 0.05) is 23.5 Å². The predicted molar refractivity (Wildman–Crippen MR) is 102 cm³/mol. The van der Waals surface area contributed by atoms with E-state index in [9.17, 15) is 13.2 Å². The van der Waals surface area contributed by atoms with Gasteiger partial charge in [-0.25, -0.2) is 0 Å². The molecule has 0 atom stereocenters. The maximum Gasteiger partial charge on any atom is 0.390 e. The summed E-state index contributed by atoms with van der Waals surface area (Å²) in [5, 5.41) is 6.40. The molecule has 1 aromatic rings. The summed E-state index contributed by atoms with van der Waals surface area (Å²) in [6.07, 6.45) is -3.02. The van der Waals surface area contributed by atoms with Gasteiger partial charge >= 0.3 is 6.18 Å². The monoisotopic (exact) mass is 475 g/mol. The van der Waals surface area contributed by atoms with Crippen molar-refractivity contribution in [3.8, 4) is 0 Å². The van der Waals surface area contributed by atoms with Gasteiger partial charge in [-0.3, -0.25) is 4.99 Å². The van der Waals surface area contributed by atoms with Crippen molar-refractivity contribution < 1.29 is 13.2 Å². The van der Waals surface area contributed by atoms with Gasteiger partial charge in [0.2, 0.25) is 0 Å². The second-order valence-corrected chi connectivity index (χ2v) is 6.21. The molecule has 0 saturated heterocycles. The zero-order chi connectivity index (χ0) is 16.9. The number of nitrogens with zero attached hydrogens (tertiary/aromatic N) is 1. The van der Waals surface area contributed by atoms with Crippen LogP contribution in [0.1, 0.15) is 31.7 Å². The van der Waals surface area contributed by atoms with Crippen LogP contribution < -0.4 is 10.6 Å². The van der Waals surface area contributed by atoms with Gasteiger partial charge in [0.1, 0.15) is 0 Å². The molecule has 8 heteroatoms. The standard InChI is InChI=1S/C16H21ClF3N3.HI/c1-2-21-14(22-9-8-16(18,19)20)23-11-15(6-7-15)12-4-3-5-13(17)10-12;/h3-5,10H,2,6-9,11H2,1H3,(H2,21,22,23);1H. The van der Waals surface area contributed by atoms with E-state index in [1.165, 1.54) is 0 Å². The maximum atomic E-state index is 12.2. The number of halogens is 5. The summed E-state index contributed by atoms with van der Waals surface area (Å²) in [6.45, 7) is 2.83. The van der Waals surface area contributed by atoms with Crippen molar-refractivity contribution in [3.63, 3.8) is 0 Å². The first-order valence-electron chi connectivity index (χ1n) is 7.70. The SMILES string of the molecule is CCNC(=NCC1(c2cccc(Cl)c2)CC1)NCCC(F)(F)F.I. The topological polar surface area (TPSA) is 36.4 Å². The van der Waals surface area contributed by atoms with E-state index in [1.54, 1.807) is 0 Å². The molecular weight excluding hydrogens is 454 g/mol. The maximum absolute atomic E-state index is 12.2. The Morgan fingerprint density at radius 2 is 2.00 bits per heavy atom. The Labute approximate surface area is 162 Å². The highest BCUT2D eigenvalue weighted by Gasteiger charge is 2.44. The lowest BCUT2D eigenvalue weighted by molar-refractivity contribution is -0.132. The third-order valence-electron chi connectivity index (χ3n) is 3.88. The molecule has 0 heterocycles. The zero-order valence-electron chi connectivity index (χ0n) is 13.4. The zero-order valence-corrected chi connectivity index (χ0v) is 16.5. The fraction of sp³-hybridized carbons (Fsp3) is 0.562. The molecule has 1 saturated carbocycles. The molecule has 0 amide bonds. The average molecular weight is 476 g/mol. The number of benzene rings is 1. The minimum atomic E-state index is -4.16. The smallest absolute Gasteiger partial charge is 0.357 e. The molecule has 1 aromatic carbocycles. The van der Waals surface area contributed by atoms with Crippen LogP contribution in [0.5, 0.6) is 0 Å². The molecule has 0 bridgehead atoms. The Kier molecular flexibility index (Phi) is 8.11. The van der Waals surface area contributed by atoms with E-state index in [-0.39, 0.29) is 35.9 Å². The lowest BCUT2D eigenvalue weighted by Gasteiger charge is -2.16. The lowest BCUT2D eigenvalue weighted by Crippen LogP contribution is -2.39. The summed E-state index contributed by atoms with van der Waals surface area (Å²) in [5.74, 6) is 0.421. The van der Waals surface area contributed by atoms with Gasteiger partial charge in [-0.05, 0) is 37.5 Å². The number of nitrogens with one attached hydrogen (secondary N) is 2. The fourth-order valence-electron chi connectivity index (χ4n) is 2.40. The summed E-state index contributed by atoms with van der Waals surface area (Å²) >= 11 is 6.04. The molecule has 2 rings (SSSR count). The second-order valence-electron chi connectivity index (χ2n) is 5.78. The summed E-state index contributed by atoms with van der Waals surface area (Å²) in [6, 6.07) is 7.70. The van der Waals surface area contributed by atoms with Crippen molar-refractivity contribution in [3.05, 3.63) is 34.9 Å². The van der Waals surface area contributed by atoms with Gasteiger partial charge in [-0.1, -0.05) is 23.7 Å². The third kappa shape index (κ3) is 6.66. The molecule has 0 spiro atoms. The van der Waals surface area contributed by atoms with Crippen LogP contribution in [-0.4, -0.2) is 31.8 Å². The van der Waals surface area contributed by atoms with Gasteiger partial charge in [0.25, 0.3) is 0 Å². The first-order chi connectivity index (χ1) is 10.8. The van der Waals surface area contributed by atoms with Crippen LogP contribution in [0, 0.1) is 0 Å². The molecule has 1 aliphatic rings. The molecule has 1 aliphatic carbocycles. The Morgan fingerprint density at radius 1 is 1.29 bits per heavy atom. The van der Waals surface area contributed by atoms with Crippen LogP contribution in [0.3, 0.4) is 0 Å². The number of hydrogen-bond acceptors (Lipinski definition) is 1. The highest BCUT2D eigenvalue weighted by molar-refractivity contribution is 14.0. The molecule has 1 fully saturated rings. The Morgan fingerprint density at radius 3 is 2.54 bits per heavy atom. The van der Waals surface area contributed by atoms with Gasteiger partial charge in [-0.2, -0.15) is 13.2 Å². The highest BCUT2D eigenvalue weighted by Crippen LogP contribution is 2.48. The van der Waals surface area contributed by atoms with Crippen LogP contribution in [0.15, 0.2) is 29.3 Å².